The maximum atomic E-state index is 14.2. The number of unbranched alkanes of at least 4 members (excludes halogenated alkanes) is 23. The predicted molar refractivity (Wildman–Crippen MR) is 222 cm³/mol. The molecular formula is C44H85O3PS. The molecule has 0 unspecified atom stereocenters. The average molecular weight is 725 g/mol. The zero-order valence-electron chi connectivity index (χ0n) is 33.7. The molecule has 1 rings (SSSR count). The van der Waals surface area contributed by atoms with E-state index in [1.807, 2.05) is 24.3 Å². The van der Waals surface area contributed by atoms with E-state index in [0.29, 0.717) is 4.90 Å². The summed E-state index contributed by atoms with van der Waals surface area (Å²) >= 11 is 0. The van der Waals surface area contributed by atoms with Crippen molar-refractivity contribution in [3.63, 3.8) is 0 Å². The van der Waals surface area contributed by atoms with Gasteiger partial charge in [-0.15, -0.1) is 0 Å². The minimum atomic E-state index is -3.84. The molecule has 0 N–H and O–H groups in total. The molecule has 0 aliphatic heterocycles. The van der Waals surface area contributed by atoms with Gasteiger partial charge in [0, 0.05) is 0 Å². The third kappa shape index (κ3) is 21.0. The van der Waals surface area contributed by atoms with E-state index in [1.54, 1.807) is 0 Å². The first kappa shape index (κ1) is 46.6. The molecule has 0 fully saturated rings. The van der Waals surface area contributed by atoms with Gasteiger partial charge in [0.15, 0.2) is 0 Å². The zero-order chi connectivity index (χ0) is 36.0. The normalized spacial score (nSPS) is 13.1. The number of rotatable bonds is 36. The summed E-state index contributed by atoms with van der Waals surface area (Å²) in [4.78, 5) is 0.368. The Morgan fingerprint density at radius 3 is 1.08 bits per heavy atom. The second-order valence-corrected chi connectivity index (χ2v) is 23.3. The molecule has 0 amide bonds. The molecule has 0 bridgehead atoms. The second kappa shape index (κ2) is 29.1. The number of hydrogen-bond acceptors (Lipinski definition) is 3. The van der Waals surface area contributed by atoms with Crippen molar-refractivity contribution in [2.24, 2.45) is 0 Å². The summed E-state index contributed by atoms with van der Waals surface area (Å²) in [7, 11) is -3.84. The fourth-order valence-electron chi connectivity index (χ4n) is 7.81. The third-order valence-corrected chi connectivity index (χ3v) is 20.3. The van der Waals surface area contributed by atoms with Crippen LogP contribution in [0.1, 0.15) is 220 Å². The topological polar surface area (TPSA) is 43.4 Å². The van der Waals surface area contributed by atoms with Crippen molar-refractivity contribution in [2.75, 3.05) is 24.6 Å². The molecule has 0 saturated carbocycles. The third-order valence-electron chi connectivity index (χ3n) is 11.1. The molecule has 0 heterocycles. The van der Waals surface area contributed by atoms with E-state index in [9.17, 15) is 8.42 Å². The van der Waals surface area contributed by atoms with Crippen molar-refractivity contribution in [1.82, 2.24) is 0 Å². The van der Waals surface area contributed by atoms with Crippen molar-refractivity contribution >= 4 is 16.9 Å². The first-order chi connectivity index (χ1) is 23.8. The summed E-state index contributed by atoms with van der Waals surface area (Å²) in [5.41, 5.74) is 1.25. The second-order valence-electron chi connectivity index (χ2n) is 15.8. The van der Waals surface area contributed by atoms with Gasteiger partial charge < -0.3 is 0 Å². The van der Waals surface area contributed by atoms with Gasteiger partial charge in [0.1, 0.15) is 0 Å². The molecule has 0 aliphatic carbocycles. The van der Waals surface area contributed by atoms with E-state index in [-0.39, 0.29) is 0 Å². The first-order valence-corrected chi connectivity index (χ1v) is 26.2. The van der Waals surface area contributed by atoms with E-state index in [2.05, 4.69) is 34.6 Å². The summed E-state index contributed by atoms with van der Waals surface area (Å²) < 4.78 is 35.4. The summed E-state index contributed by atoms with van der Waals surface area (Å²) in [6.07, 6.45) is 40.6. The molecule has 1 aromatic rings. The molecule has 5 heteroatoms. The fourth-order valence-corrected chi connectivity index (χ4v) is 17.7. The van der Waals surface area contributed by atoms with Gasteiger partial charge in [-0.2, -0.15) is 0 Å². The quantitative estimate of drug-likeness (QED) is 0.0511. The van der Waals surface area contributed by atoms with Crippen LogP contribution in [-0.2, 0) is 20.5 Å². The standard InChI is InChI=1S/C44H85O3PS/c1-6-11-16-18-20-22-24-25-27-29-31-33-42-48(39-13-8-3,40-14-9-4,41-15-10-5)47-49(45,46)44-37-35-43(36-38-44)34-32-30-28-26-23-21-19-17-12-7-2/h35-38H,6-34,39-42H2,1-5H3. The molecule has 49 heavy (non-hydrogen) atoms. The van der Waals surface area contributed by atoms with Crippen molar-refractivity contribution in [2.45, 2.75) is 226 Å². The Morgan fingerprint density at radius 1 is 0.408 bits per heavy atom. The zero-order valence-corrected chi connectivity index (χ0v) is 35.4. The molecular weight excluding hydrogens is 640 g/mol. The monoisotopic (exact) mass is 725 g/mol. The summed E-state index contributed by atoms with van der Waals surface area (Å²) in [5.74, 6) is 0. The van der Waals surface area contributed by atoms with Crippen molar-refractivity contribution in [3.05, 3.63) is 29.8 Å². The Kier molecular flexibility index (Phi) is 27.6. The van der Waals surface area contributed by atoms with Crippen LogP contribution in [0.2, 0.25) is 0 Å². The maximum absolute atomic E-state index is 14.2. The summed E-state index contributed by atoms with van der Waals surface area (Å²) in [6, 6.07) is 7.79. The molecule has 0 radical (unpaired) electrons. The van der Waals surface area contributed by atoms with Gasteiger partial charge in [0.2, 0.25) is 0 Å². The molecule has 0 spiro atoms. The van der Waals surface area contributed by atoms with Gasteiger partial charge in [0.25, 0.3) is 0 Å². The average Bonchev–Trinajstić information content (AvgIpc) is 3.10. The van der Waals surface area contributed by atoms with Crippen molar-refractivity contribution < 1.29 is 12.4 Å². The molecule has 1 aromatic carbocycles. The van der Waals surface area contributed by atoms with Crippen LogP contribution in [0.5, 0.6) is 0 Å². The molecule has 0 atom stereocenters. The molecule has 0 aliphatic rings. The van der Waals surface area contributed by atoms with Gasteiger partial charge in [-0.25, -0.2) is 0 Å². The van der Waals surface area contributed by atoms with Crippen LogP contribution in [0, 0.1) is 0 Å². The van der Waals surface area contributed by atoms with E-state index >= 15 is 0 Å². The van der Waals surface area contributed by atoms with Crippen LogP contribution < -0.4 is 0 Å². The van der Waals surface area contributed by atoms with Gasteiger partial charge in [0.05, 0.1) is 0 Å². The summed E-state index contributed by atoms with van der Waals surface area (Å²) in [6.45, 7) is 8.32. The molecule has 0 aromatic heterocycles. The Labute approximate surface area is 308 Å². The predicted octanol–water partition coefficient (Wildman–Crippen LogP) is 15.4. The Balaban J connectivity index is 2.85. The Bertz CT molecular complexity index is 965. The Morgan fingerprint density at radius 2 is 0.714 bits per heavy atom. The van der Waals surface area contributed by atoms with Crippen LogP contribution in [0.3, 0.4) is 0 Å². The number of aryl methyl sites for hydroxylation is 1. The SMILES string of the molecule is CCCCCCCCCCCCCCP(CCCC)(CCCC)(CCCC)OS(=O)(=O)c1ccc(CCCCCCCCCCCC)cc1. The van der Waals surface area contributed by atoms with Crippen LogP contribution in [0.25, 0.3) is 0 Å². The minimum absolute atomic E-state index is 0.368. The van der Waals surface area contributed by atoms with Crippen molar-refractivity contribution in [1.29, 1.82) is 0 Å². The Hall–Kier alpha value is -0.440. The summed E-state index contributed by atoms with van der Waals surface area (Å²) in [5, 5.41) is 0. The number of benzene rings is 1. The molecule has 0 saturated heterocycles. The van der Waals surface area contributed by atoms with Crippen LogP contribution in [-0.4, -0.2) is 33.1 Å². The number of hydrogen-bond donors (Lipinski definition) is 0. The fraction of sp³-hybridized carbons (Fsp3) is 0.864. The molecule has 290 valence electrons. The van der Waals surface area contributed by atoms with Crippen LogP contribution >= 0.6 is 6.83 Å². The first-order valence-electron chi connectivity index (χ1n) is 21.9. The van der Waals surface area contributed by atoms with Gasteiger partial charge in [-0.3, -0.25) is 0 Å². The van der Waals surface area contributed by atoms with E-state index in [0.717, 1.165) is 76.0 Å². The van der Waals surface area contributed by atoms with Gasteiger partial charge >= 0.3 is 257 Å². The molecule has 3 nitrogen and oxygen atoms in total. The van der Waals surface area contributed by atoms with Crippen LogP contribution in [0.4, 0.5) is 0 Å². The van der Waals surface area contributed by atoms with E-state index in [1.165, 1.54) is 140 Å². The van der Waals surface area contributed by atoms with E-state index < -0.39 is 16.9 Å². The van der Waals surface area contributed by atoms with Gasteiger partial charge in [-0.05, 0) is 0 Å². The van der Waals surface area contributed by atoms with Gasteiger partial charge in [-0.1, -0.05) is 52.4 Å². The van der Waals surface area contributed by atoms with Crippen LogP contribution in [0.15, 0.2) is 29.2 Å². The van der Waals surface area contributed by atoms with Crippen molar-refractivity contribution in [3.8, 4) is 0 Å². The van der Waals surface area contributed by atoms with E-state index in [4.69, 9.17) is 3.97 Å².